The second-order valence-electron chi connectivity index (χ2n) is 5.91. The Labute approximate surface area is 113 Å². The van der Waals surface area contributed by atoms with Crippen LogP contribution >= 0.6 is 0 Å². The summed E-state index contributed by atoms with van der Waals surface area (Å²) in [6.07, 6.45) is 1.82. The summed E-state index contributed by atoms with van der Waals surface area (Å²) in [6.45, 7) is 5.35. The molecule has 1 saturated heterocycles. The fraction of sp³-hybridized carbons (Fsp3) is 0.600. The van der Waals surface area contributed by atoms with Crippen molar-refractivity contribution in [2.75, 3.05) is 19.6 Å². The number of nitrogens with zero attached hydrogens (tertiary/aromatic N) is 2. The van der Waals surface area contributed by atoms with E-state index in [9.17, 15) is 9.59 Å². The van der Waals surface area contributed by atoms with Gasteiger partial charge in [0.05, 0.1) is 0 Å². The van der Waals surface area contributed by atoms with Crippen molar-refractivity contribution in [1.82, 2.24) is 9.47 Å². The van der Waals surface area contributed by atoms with Gasteiger partial charge in [-0.3, -0.25) is 9.59 Å². The molecule has 19 heavy (non-hydrogen) atoms. The van der Waals surface area contributed by atoms with Gasteiger partial charge in [0, 0.05) is 50.3 Å². The first-order valence-electron chi connectivity index (χ1n) is 7.05. The summed E-state index contributed by atoms with van der Waals surface area (Å²) in [5, 5.41) is 0. The highest BCUT2D eigenvalue weighted by Crippen LogP contribution is 2.34. The molecule has 4 heteroatoms. The van der Waals surface area contributed by atoms with Crippen LogP contribution < -0.4 is 5.56 Å². The first kappa shape index (κ1) is 12.6. The zero-order valence-electron chi connectivity index (χ0n) is 11.3. The van der Waals surface area contributed by atoms with Crippen molar-refractivity contribution in [1.29, 1.82) is 0 Å². The topological polar surface area (TPSA) is 42.3 Å². The number of Topliss-reactive ketones (excluding diaryl/α,β-unsaturated/α-hetero) is 1. The third-order valence-corrected chi connectivity index (χ3v) is 4.34. The van der Waals surface area contributed by atoms with Crippen molar-refractivity contribution >= 4 is 5.78 Å². The lowest BCUT2D eigenvalue weighted by molar-refractivity contribution is -0.117. The van der Waals surface area contributed by atoms with Crippen LogP contribution in [0.5, 0.6) is 0 Å². The highest BCUT2D eigenvalue weighted by atomic mass is 16.1. The van der Waals surface area contributed by atoms with Crippen LogP contribution in [0.4, 0.5) is 0 Å². The molecule has 0 spiro atoms. The number of piperidine rings is 1. The van der Waals surface area contributed by atoms with Crippen molar-refractivity contribution < 1.29 is 4.79 Å². The van der Waals surface area contributed by atoms with Gasteiger partial charge in [0.2, 0.25) is 0 Å². The number of pyridine rings is 1. The van der Waals surface area contributed by atoms with E-state index in [2.05, 4.69) is 11.0 Å². The van der Waals surface area contributed by atoms with Gasteiger partial charge in [0.1, 0.15) is 5.78 Å². The molecule has 3 rings (SSSR count). The smallest absolute Gasteiger partial charge is 0.250 e. The Balaban J connectivity index is 1.80. The minimum atomic E-state index is 0.129. The van der Waals surface area contributed by atoms with Crippen molar-refractivity contribution in [3.63, 3.8) is 0 Å². The van der Waals surface area contributed by atoms with Gasteiger partial charge in [-0.05, 0) is 25.3 Å². The maximum Gasteiger partial charge on any atom is 0.250 e. The van der Waals surface area contributed by atoms with Gasteiger partial charge in [-0.25, -0.2) is 0 Å². The van der Waals surface area contributed by atoms with Gasteiger partial charge in [0.15, 0.2) is 0 Å². The summed E-state index contributed by atoms with van der Waals surface area (Å²) < 4.78 is 1.95. The standard InChI is InChI=1S/C15H20N2O2/c1-11(18)5-6-16-8-12-7-13(10-16)14-3-2-4-15(19)17(14)9-12/h2-4,12-13H,5-10H2,1H3. The number of likely N-dealkylation sites (tertiary alicyclic amines) is 1. The fourth-order valence-electron chi connectivity index (χ4n) is 3.49. The van der Waals surface area contributed by atoms with Gasteiger partial charge in [0.25, 0.3) is 5.56 Å². The quantitative estimate of drug-likeness (QED) is 0.821. The molecule has 2 aliphatic heterocycles. The van der Waals surface area contributed by atoms with Crippen molar-refractivity contribution in [3.05, 3.63) is 34.2 Å². The highest BCUT2D eigenvalue weighted by Gasteiger charge is 2.34. The average molecular weight is 260 g/mol. The van der Waals surface area contributed by atoms with Crippen LogP contribution in [0, 0.1) is 5.92 Å². The molecule has 0 N–H and O–H groups in total. The van der Waals surface area contributed by atoms with Gasteiger partial charge >= 0.3 is 0 Å². The summed E-state index contributed by atoms with van der Waals surface area (Å²) in [7, 11) is 0. The van der Waals surface area contributed by atoms with Crippen molar-refractivity contribution in [2.24, 2.45) is 5.92 Å². The SMILES string of the molecule is CC(=O)CCN1CC2CC(C1)c1cccc(=O)n1C2. The summed E-state index contributed by atoms with van der Waals surface area (Å²) in [5.74, 6) is 1.26. The molecule has 1 fully saturated rings. The normalized spacial score (nSPS) is 25.9. The second kappa shape index (κ2) is 4.93. The number of carbonyl (C=O) groups is 1. The minimum Gasteiger partial charge on any atom is -0.312 e. The Bertz CT molecular complexity index is 549. The average Bonchev–Trinajstić information content (AvgIpc) is 2.38. The van der Waals surface area contributed by atoms with Crippen molar-refractivity contribution in [3.8, 4) is 0 Å². The van der Waals surface area contributed by atoms with E-state index >= 15 is 0 Å². The molecule has 2 unspecified atom stereocenters. The molecular weight excluding hydrogens is 240 g/mol. The van der Waals surface area contributed by atoms with Crippen LogP contribution in [0.1, 0.15) is 31.4 Å². The van der Waals surface area contributed by atoms with Crippen LogP contribution in [0.15, 0.2) is 23.0 Å². The van der Waals surface area contributed by atoms with Crippen molar-refractivity contribution in [2.45, 2.75) is 32.2 Å². The summed E-state index contributed by atoms with van der Waals surface area (Å²) in [6, 6.07) is 5.60. The van der Waals surface area contributed by atoms with Crippen LogP contribution in [0.2, 0.25) is 0 Å². The van der Waals surface area contributed by atoms with E-state index in [0.717, 1.165) is 26.2 Å². The maximum atomic E-state index is 11.9. The molecule has 102 valence electrons. The van der Waals surface area contributed by atoms with E-state index in [-0.39, 0.29) is 11.3 Å². The van der Waals surface area contributed by atoms with Crippen LogP contribution in [-0.2, 0) is 11.3 Å². The van der Waals surface area contributed by atoms with E-state index in [1.165, 1.54) is 12.1 Å². The molecule has 2 atom stereocenters. The zero-order valence-corrected chi connectivity index (χ0v) is 11.3. The van der Waals surface area contributed by atoms with E-state index < -0.39 is 0 Å². The number of hydrogen-bond acceptors (Lipinski definition) is 3. The minimum absolute atomic E-state index is 0.129. The molecule has 2 aliphatic rings. The predicted octanol–water partition coefficient (Wildman–Crippen LogP) is 1.25. The van der Waals surface area contributed by atoms with E-state index in [4.69, 9.17) is 0 Å². The highest BCUT2D eigenvalue weighted by molar-refractivity contribution is 5.75. The number of aromatic nitrogens is 1. The van der Waals surface area contributed by atoms with E-state index in [1.807, 2.05) is 10.6 Å². The first-order chi connectivity index (χ1) is 9.13. The summed E-state index contributed by atoms with van der Waals surface area (Å²) in [4.78, 5) is 25.4. The Morgan fingerprint density at radius 1 is 1.32 bits per heavy atom. The lowest BCUT2D eigenvalue weighted by atomic mass is 9.83. The lowest BCUT2D eigenvalue weighted by Gasteiger charge is -2.42. The first-order valence-corrected chi connectivity index (χ1v) is 7.05. The second-order valence-corrected chi connectivity index (χ2v) is 5.91. The molecule has 1 aromatic heterocycles. The number of hydrogen-bond donors (Lipinski definition) is 0. The Kier molecular flexibility index (Phi) is 3.27. The molecule has 4 nitrogen and oxygen atoms in total. The van der Waals surface area contributed by atoms with Gasteiger partial charge < -0.3 is 9.47 Å². The van der Waals surface area contributed by atoms with Gasteiger partial charge in [-0.1, -0.05) is 6.07 Å². The fourth-order valence-corrected chi connectivity index (χ4v) is 3.49. The molecular formula is C15H20N2O2. The Morgan fingerprint density at radius 3 is 2.95 bits per heavy atom. The Morgan fingerprint density at radius 2 is 2.16 bits per heavy atom. The van der Waals surface area contributed by atoms with E-state index in [0.29, 0.717) is 18.3 Å². The number of rotatable bonds is 3. The molecule has 0 aliphatic carbocycles. The monoisotopic (exact) mass is 260 g/mol. The van der Waals surface area contributed by atoms with Crippen LogP contribution in [0.25, 0.3) is 0 Å². The summed E-state index contributed by atoms with van der Waals surface area (Å²) >= 11 is 0. The number of ketones is 1. The number of carbonyl (C=O) groups excluding carboxylic acids is 1. The summed E-state index contributed by atoms with van der Waals surface area (Å²) in [5.41, 5.74) is 1.31. The zero-order chi connectivity index (χ0) is 13.4. The molecule has 0 aromatic carbocycles. The van der Waals surface area contributed by atoms with E-state index in [1.54, 1.807) is 13.0 Å². The maximum absolute atomic E-state index is 11.9. The molecule has 3 heterocycles. The molecule has 2 bridgehead atoms. The predicted molar refractivity (Wildman–Crippen MR) is 73.3 cm³/mol. The van der Waals surface area contributed by atoms with Gasteiger partial charge in [-0.15, -0.1) is 0 Å². The molecule has 0 amide bonds. The Hall–Kier alpha value is -1.42. The largest absolute Gasteiger partial charge is 0.312 e. The third kappa shape index (κ3) is 2.50. The van der Waals surface area contributed by atoms with Gasteiger partial charge in [-0.2, -0.15) is 0 Å². The number of fused-ring (bicyclic) bond motifs is 4. The van der Waals surface area contributed by atoms with Crippen LogP contribution in [0.3, 0.4) is 0 Å². The third-order valence-electron chi connectivity index (χ3n) is 4.34. The lowest BCUT2D eigenvalue weighted by Crippen LogP contribution is -2.47. The molecule has 0 radical (unpaired) electrons. The molecule has 0 saturated carbocycles. The van der Waals surface area contributed by atoms with Crippen LogP contribution in [-0.4, -0.2) is 34.9 Å². The molecule has 1 aromatic rings.